The number of pyridine rings is 1. The minimum Gasteiger partial charge on any atom is -0.478 e. The molecule has 1 heterocycles. The average molecular weight is 374 g/mol. The van der Waals surface area contributed by atoms with Crippen LogP contribution in [0.25, 0.3) is 11.1 Å². The molecule has 0 aliphatic heterocycles. The van der Waals surface area contributed by atoms with Crippen molar-refractivity contribution in [3.8, 4) is 11.1 Å². The molecule has 0 spiro atoms. The van der Waals surface area contributed by atoms with Gasteiger partial charge in [-0.15, -0.1) is 0 Å². The van der Waals surface area contributed by atoms with Gasteiger partial charge in [-0.1, -0.05) is 44.0 Å². The predicted molar refractivity (Wildman–Crippen MR) is 100 cm³/mol. The van der Waals surface area contributed by atoms with Crippen molar-refractivity contribution in [2.75, 3.05) is 12.3 Å². The molecule has 144 valence electrons. The molecule has 1 aromatic carbocycles. The highest BCUT2D eigenvalue weighted by atomic mass is 16.5. The van der Waals surface area contributed by atoms with Gasteiger partial charge in [-0.25, -0.2) is 9.59 Å². The predicted octanol–water partition coefficient (Wildman–Crippen LogP) is 2.73. The van der Waals surface area contributed by atoms with Gasteiger partial charge in [0, 0.05) is 12.2 Å². The highest BCUT2D eigenvalue weighted by Crippen LogP contribution is 2.29. The first-order valence-electron chi connectivity index (χ1n) is 8.56. The fraction of sp³-hybridized carbons (Fsp3) is 0.316. The number of aromatic carboxylic acids is 2. The SMILES string of the molecule is CCCCCOCc1ccc(-c2c(C(=O)O)c(N)[nH]c(=O)c2C(=O)O)cc1. The molecule has 1 aromatic heterocycles. The van der Waals surface area contributed by atoms with Crippen LogP contribution in [0.2, 0.25) is 0 Å². The number of unbranched alkanes of at least 4 members (excludes halogenated alkanes) is 2. The molecule has 0 bridgehead atoms. The smallest absolute Gasteiger partial charge is 0.342 e. The highest BCUT2D eigenvalue weighted by molar-refractivity contribution is 6.07. The van der Waals surface area contributed by atoms with Crippen molar-refractivity contribution in [2.45, 2.75) is 32.8 Å². The van der Waals surface area contributed by atoms with E-state index in [9.17, 15) is 24.6 Å². The standard InChI is InChI=1S/C19H22N2O6/c1-2-3-4-9-27-10-11-5-7-12(8-6-11)13-14(18(23)24)16(20)21-17(22)15(13)19(25)26/h5-8H,2-4,9-10H2,1H3,(H,23,24)(H,25,26)(H3,20,21,22). The number of hydrogen-bond donors (Lipinski definition) is 4. The van der Waals surface area contributed by atoms with Crippen LogP contribution in [0.15, 0.2) is 29.1 Å². The van der Waals surface area contributed by atoms with E-state index in [1.165, 1.54) is 0 Å². The molecule has 0 aliphatic carbocycles. The highest BCUT2D eigenvalue weighted by Gasteiger charge is 2.26. The Morgan fingerprint density at radius 1 is 1.07 bits per heavy atom. The van der Waals surface area contributed by atoms with Crippen molar-refractivity contribution < 1.29 is 24.5 Å². The molecule has 8 nitrogen and oxygen atoms in total. The van der Waals surface area contributed by atoms with Gasteiger partial charge in [0.2, 0.25) is 0 Å². The zero-order chi connectivity index (χ0) is 20.0. The summed E-state index contributed by atoms with van der Waals surface area (Å²) in [7, 11) is 0. The van der Waals surface area contributed by atoms with Crippen LogP contribution in [-0.4, -0.2) is 33.7 Å². The van der Waals surface area contributed by atoms with E-state index in [0.29, 0.717) is 13.2 Å². The summed E-state index contributed by atoms with van der Waals surface area (Å²) >= 11 is 0. The van der Waals surface area contributed by atoms with Crippen LogP contribution < -0.4 is 11.3 Å². The minimum absolute atomic E-state index is 0.216. The number of anilines is 1. The first-order chi connectivity index (χ1) is 12.9. The van der Waals surface area contributed by atoms with Gasteiger partial charge in [0.15, 0.2) is 0 Å². The lowest BCUT2D eigenvalue weighted by molar-refractivity contribution is 0.0695. The number of rotatable bonds is 9. The largest absolute Gasteiger partial charge is 0.478 e. The Balaban J connectivity index is 2.38. The lowest BCUT2D eigenvalue weighted by Crippen LogP contribution is -2.24. The quantitative estimate of drug-likeness (QED) is 0.494. The third-order valence-electron chi connectivity index (χ3n) is 4.08. The second-order valence-electron chi connectivity index (χ2n) is 6.06. The molecule has 0 aliphatic rings. The van der Waals surface area contributed by atoms with Crippen molar-refractivity contribution in [3.05, 3.63) is 51.3 Å². The fourth-order valence-corrected chi connectivity index (χ4v) is 2.75. The third-order valence-corrected chi connectivity index (χ3v) is 4.08. The number of nitrogens with two attached hydrogens (primary N) is 1. The molecule has 2 rings (SSSR count). The Morgan fingerprint density at radius 3 is 2.26 bits per heavy atom. The molecule has 8 heteroatoms. The zero-order valence-electron chi connectivity index (χ0n) is 14.9. The summed E-state index contributed by atoms with van der Waals surface area (Å²) in [6, 6.07) is 6.50. The van der Waals surface area contributed by atoms with E-state index in [-0.39, 0.29) is 11.1 Å². The van der Waals surface area contributed by atoms with E-state index in [0.717, 1.165) is 24.8 Å². The van der Waals surface area contributed by atoms with Crippen LogP contribution in [0.3, 0.4) is 0 Å². The lowest BCUT2D eigenvalue weighted by atomic mass is 9.95. The van der Waals surface area contributed by atoms with Crippen LogP contribution in [-0.2, 0) is 11.3 Å². The molecule has 0 atom stereocenters. The van der Waals surface area contributed by atoms with Crippen LogP contribution in [0.1, 0.15) is 52.5 Å². The number of ether oxygens (including phenoxy) is 1. The summed E-state index contributed by atoms with van der Waals surface area (Å²) in [4.78, 5) is 37.2. The van der Waals surface area contributed by atoms with Crippen molar-refractivity contribution in [1.29, 1.82) is 0 Å². The molecular formula is C19H22N2O6. The maximum absolute atomic E-state index is 12.0. The van der Waals surface area contributed by atoms with Gasteiger partial charge >= 0.3 is 11.9 Å². The molecule has 0 fully saturated rings. The summed E-state index contributed by atoms with van der Waals surface area (Å²) in [6.07, 6.45) is 3.18. The number of carboxylic acid groups (broad SMARTS) is 2. The number of carbonyl (C=O) groups is 2. The molecule has 0 radical (unpaired) electrons. The first kappa shape index (κ1) is 20.2. The Kier molecular flexibility index (Phi) is 6.73. The van der Waals surface area contributed by atoms with Crippen molar-refractivity contribution in [2.24, 2.45) is 0 Å². The fourth-order valence-electron chi connectivity index (χ4n) is 2.75. The summed E-state index contributed by atoms with van der Waals surface area (Å²) in [6.45, 7) is 3.14. The topological polar surface area (TPSA) is 143 Å². The van der Waals surface area contributed by atoms with Crippen LogP contribution in [0, 0.1) is 0 Å². The van der Waals surface area contributed by atoms with Crippen molar-refractivity contribution in [3.63, 3.8) is 0 Å². The van der Waals surface area contributed by atoms with E-state index < -0.39 is 34.4 Å². The molecule has 0 unspecified atom stereocenters. The van der Waals surface area contributed by atoms with Crippen LogP contribution in [0.4, 0.5) is 5.82 Å². The van der Waals surface area contributed by atoms with Crippen LogP contribution in [0.5, 0.6) is 0 Å². The number of aromatic amines is 1. The number of nitrogens with one attached hydrogen (secondary N) is 1. The number of aromatic nitrogens is 1. The van der Waals surface area contributed by atoms with E-state index in [2.05, 4.69) is 11.9 Å². The number of carboxylic acids is 2. The molecule has 0 saturated carbocycles. The summed E-state index contributed by atoms with van der Waals surface area (Å²) in [5.74, 6) is -3.35. The van der Waals surface area contributed by atoms with Crippen LogP contribution >= 0.6 is 0 Å². The van der Waals surface area contributed by atoms with Gasteiger partial charge in [0.05, 0.1) is 6.61 Å². The Morgan fingerprint density at radius 2 is 1.70 bits per heavy atom. The molecule has 5 N–H and O–H groups in total. The summed E-state index contributed by atoms with van der Waals surface area (Å²) < 4.78 is 5.57. The maximum atomic E-state index is 12.0. The van der Waals surface area contributed by atoms with Gasteiger partial charge in [-0.2, -0.15) is 0 Å². The number of H-pyrrole nitrogens is 1. The summed E-state index contributed by atoms with van der Waals surface area (Å²) in [5.41, 5.74) is 4.46. The minimum atomic E-state index is -1.53. The molecule has 27 heavy (non-hydrogen) atoms. The number of benzene rings is 1. The molecule has 0 amide bonds. The Hall–Kier alpha value is -3.13. The van der Waals surface area contributed by atoms with Gasteiger partial charge in [0.1, 0.15) is 16.9 Å². The van der Waals surface area contributed by atoms with Gasteiger partial charge < -0.3 is 25.7 Å². The molecular weight excluding hydrogens is 352 g/mol. The van der Waals surface area contributed by atoms with Gasteiger partial charge in [-0.3, -0.25) is 4.79 Å². The molecule has 0 saturated heterocycles. The van der Waals surface area contributed by atoms with Crippen molar-refractivity contribution >= 4 is 17.8 Å². The number of nitrogen functional groups attached to an aromatic ring is 1. The first-order valence-corrected chi connectivity index (χ1v) is 8.56. The second kappa shape index (κ2) is 9.00. The second-order valence-corrected chi connectivity index (χ2v) is 6.06. The third kappa shape index (κ3) is 4.73. The van der Waals surface area contributed by atoms with Crippen molar-refractivity contribution in [1.82, 2.24) is 4.98 Å². The van der Waals surface area contributed by atoms with E-state index in [1.807, 2.05) is 0 Å². The lowest BCUT2D eigenvalue weighted by Gasteiger charge is -2.12. The Labute approximate surface area is 155 Å². The van der Waals surface area contributed by atoms with E-state index >= 15 is 0 Å². The average Bonchev–Trinajstić information content (AvgIpc) is 2.60. The normalized spacial score (nSPS) is 10.7. The zero-order valence-corrected chi connectivity index (χ0v) is 14.9. The number of hydrogen-bond acceptors (Lipinski definition) is 5. The van der Waals surface area contributed by atoms with E-state index in [4.69, 9.17) is 10.5 Å². The van der Waals surface area contributed by atoms with Gasteiger partial charge in [-0.05, 0) is 17.5 Å². The monoisotopic (exact) mass is 374 g/mol. The van der Waals surface area contributed by atoms with E-state index in [1.54, 1.807) is 24.3 Å². The Bertz CT molecular complexity index is 886. The van der Waals surface area contributed by atoms with Gasteiger partial charge in [0.25, 0.3) is 5.56 Å². The summed E-state index contributed by atoms with van der Waals surface area (Å²) in [5, 5.41) is 18.8. The maximum Gasteiger partial charge on any atom is 0.342 e. The molecule has 2 aromatic rings.